The molecule has 1 N–H and O–H groups in total. The van der Waals surface area contributed by atoms with Crippen LogP contribution in [0.4, 0.5) is 0 Å². The molecule has 0 bridgehead atoms. The van der Waals surface area contributed by atoms with Gasteiger partial charge in [-0.25, -0.2) is 9.78 Å². The van der Waals surface area contributed by atoms with Crippen molar-refractivity contribution in [3.8, 4) is 0 Å². The number of H-pyrrole nitrogens is 1. The van der Waals surface area contributed by atoms with Crippen LogP contribution in [0, 0.1) is 6.92 Å². The summed E-state index contributed by atoms with van der Waals surface area (Å²) in [6.07, 6.45) is 6.52. The lowest BCUT2D eigenvalue weighted by molar-refractivity contribution is 0.0608. The van der Waals surface area contributed by atoms with E-state index in [2.05, 4.69) is 9.97 Å². The number of thiophene rings is 1. The number of aryl methyl sites for hydroxylation is 1. The smallest absolute Gasteiger partial charge is 0.350 e. The van der Waals surface area contributed by atoms with Crippen LogP contribution in [0.5, 0.6) is 0 Å². The van der Waals surface area contributed by atoms with Crippen molar-refractivity contribution < 1.29 is 9.53 Å². The highest BCUT2D eigenvalue weighted by Crippen LogP contribution is 2.36. The molecule has 4 nitrogen and oxygen atoms in total. The number of carbonyl (C=O) groups excluding carboxylic acids is 1. The third kappa shape index (κ3) is 2.59. The van der Waals surface area contributed by atoms with E-state index in [9.17, 15) is 4.79 Å². The van der Waals surface area contributed by atoms with Crippen molar-refractivity contribution in [1.82, 2.24) is 9.97 Å². The zero-order valence-electron chi connectivity index (χ0n) is 11.7. The van der Waals surface area contributed by atoms with E-state index in [1.807, 2.05) is 18.7 Å². The highest BCUT2D eigenvalue weighted by atomic mass is 32.2. The molecule has 3 rings (SSSR count). The number of aromatic amines is 1. The first-order valence-electron chi connectivity index (χ1n) is 6.93. The molecule has 0 unspecified atom stereocenters. The van der Waals surface area contributed by atoms with Crippen LogP contribution in [0.1, 0.15) is 46.7 Å². The van der Waals surface area contributed by atoms with E-state index in [1.54, 1.807) is 0 Å². The van der Waals surface area contributed by atoms with Gasteiger partial charge in [0.25, 0.3) is 0 Å². The number of hydrogen-bond acceptors (Lipinski definition) is 5. The molecule has 1 aliphatic rings. The molecule has 1 aliphatic carbocycles. The number of fused-ring (bicyclic) bond motifs is 1. The molecule has 1 saturated carbocycles. The summed E-state index contributed by atoms with van der Waals surface area (Å²) < 4.78 is 4.83. The number of nitrogens with zero attached hydrogens (tertiary/aromatic N) is 1. The number of nitrogens with one attached hydrogen (secondary N) is 1. The third-order valence-corrected chi connectivity index (χ3v) is 5.99. The van der Waals surface area contributed by atoms with Crippen LogP contribution in [0.15, 0.2) is 5.16 Å². The van der Waals surface area contributed by atoms with Crippen LogP contribution in [0.25, 0.3) is 11.0 Å². The molecular formula is C14H18N2O2S2. The maximum Gasteiger partial charge on any atom is 0.350 e. The maximum atomic E-state index is 11.8. The fourth-order valence-electron chi connectivity index (χ4n) is 2.66. The maximum absolute atomic E-state index is 11.8. The number of carbonyl (C=O) groups is 1. The Labute approximate surface area is 126 Å². The van der Waals surface area contributed by atoms with Crippen LogP contribution in [0.3, 0.4) is 0 Å². The van der Waals surface area contributed by atoms with E-state index in [-0.39, 0.29) is 5.97 Å². The van der Waals surface area contributed by atoms with Crippen LogP contribution >= 0.6 is 23.1 Å². The molecule has 20 heavy (non-hydrogen) atoms. The van der Waals surface area contributed by atoms with Crippen LogP contribution < -0.4 is 0 Å². The van der Waals surface area contributed by atoms with Gasteiger partial charge in [0, 0.05) is 10.1 Å². The Kier molecular flexibility index (Phi) is 4.03. The number of rotatable bonds is 3. The van der Waals surface area contributed by atoms with Gasteiger partial charge in [0.2, 0.25) is 0 Å². The van der Waals surface area contributed by atoms with Gasteiger partial charge in [-0.2, -0.15) is 0 Å². The zero-order valence-corrected chi connectivity index (χ0v) is 13.3. The summed E-state index contributed by atoms with van der Waals surface area (Å²) in [6.45, 7) is 2.00. The predicted molar refractivity (Wildman–Crippen MR) is 82.8 cm³/mol. The van der Waals surface area contributed by atoms with Gasteiger partial charge < -0.3 is 9.72 Å². The van der Waals surface area contributed by atoms with Crippen molar-refractivity contribution in [3.05, 3.63) is 9.75 Å². The number of aromatic nitrogens is 2. The fourth-order valence-corrected chi connectivity index (χ4v) is 4.81. The summed E-state index contributed by atoms with van der Waals surface area (Å²) in [5.74, 6) is -0.286. The topological polar surface area (TPSA) is 55.0 Å². The molecule has 0 aromatic carbocycles. The van der Waals surface area contributed by atoms with Gasteiger partial charge in [0.1, 0.15) is 10.4 Å². The van der Waals surface area contributed by atoms with Crippen molar-refractivity contribution in [2.45, 2.75) is 49.4 Å². The minimum Gasteiger partial charge on any atom is -0.465 e. The average Bonchev–Trinajstić information content (AvgIpc) is 3.00. The monoisotopic (exact) mass is 310 g/mol. The largest absolute Gasteiger partial charge is 0.465 e. The van der Waals surface area contributed by atoms with E-state index >= 15 is 0 Å². The van der Waals surface area contributed by atoms with Crippen molar-refractivity contribution in [3.63, 3.8) is 0 Å². The van der Waals surface area contributed by atoms with Crippen LogP contribution in [-0.2, 0) is 4.74 Å². The van der Waals surface area contributed by atoms with Crippen molar-refractivity contribution >= 4 is 40.1 Å². The molecule has 6 heteroatoms. The molecule has 0 radical (unpaired) electrons. The van der Waals surface area contributed by atoms with Gasteiger partial charge in [-0.15, -0.1) is 11.3 Å². The number of ether oxygens (including phenoxy) is 1. The third-order valence-electron chi connectivity index (χ3n) is 3.70. The zero-order chi connectivity index (χ0) is 14.1. The van der Waals surface area contributed by atoms with Gasteiger partial charge in [-0.1, -0.05) is 31.0 Å². The van der Waals surface area contributed by atoms with Crippen molar-refractivity contribution in [2.75, 3.05) is 7.11 Å². The lowest BCUT2D eigenvalue weighted by Gasteiger charge is -2.19. The number of methoxy groups -OCH3 is 1. The Hall–Kier alpha value is -1.01. The highest BCUT2D eigenvalue weighted by Gasteiger charge is 2.22. The SMILES string of the molecule is COC(=O)c1sc(C)c2nc(SC3CCCCC3)[nH]c12. The van der Waals surface area contributed by atoms with Gasteiger partial charge in [0.15, 0.2) is 5.16 Å². The molecule has 0 amide bonds. The summed E-state index contributed by atoms with van der Waals surface area (Å²) in [5.41, 5.74) is 1.74. The van der Waals surface area contributed by atoms with Gasteiger partial charge in [-0.05, 0) is 19.8 Å². The number of imidazole rings is 1. The molecule has 0 aliphatic heterocycles. The summed E-state index contributed by atoms with van der Waals surface area (Å²) in [5, 5.41) is 1.59. The molecule has 108 valence electrons. The van der Waals surface area contributed by atoms with Crippen LogP contribution in [-0.4, -0.2) is 28.3 Å². The summed E-state index contributed by atoms with van der Waals surface area (Å²) in [7, 11) is 1.41. The Bertz CT molecular complexity index is 626. The summed E-state index contributed by atoms with van der Waals surface area (Å²) in [4.78, 5) is 21.4. The standard InChI is InChI=1S/C14H18N2O2S2/c1-8-10-11(12(19-8)13(17)18-2)16-14(15-10)20-9-6-4-3-5-7-9/h9H,3-7H2,1-2H3,(H,15,16). The number of esters is 1. The average molecular weight is 310 g/mol. The summed E-state index contributed by atoms with van der Waals surface area (Å²) in [6, 6.07) is 0. The van der Waals surface area contributed by atoms with Gasteiger partial charge >= 0.3 is 5.97 Å². The Balaban J connectivity index is 1.88. The van der Waals surface area contributed by atoms with E-state index in [1.165, 1.54) is 50.6 Å². The summed E-state index contributed by atoms with van der Waals surface area (Å²) >= 11 is 3.26. The van der Waals surface area contributed by atoms with Crippen LogP contribution in [0.2, 0.25) is 0 Å². The van der Waals surface area contributed by atoms with E-state index in [4.69, 9.17) is 4.74 Å². The molecule has 2 aromatic heterocycles. The first kappa shape index (κ1) is 13.9. The number of thioether (sulfide) groups is 1. The first-order chi connectivity index (χ1) is 9.69. The lowest BCUT2D eigenvalue weighted by atomic mass is 10.0. The molecule has 0 atom stereocenters. The van der Waals surface area contributed by atoms with Gasteiger partial charge in [0.05, 0.1) is 12.6 Å². The van der Waals surface area contributed by atoms with Crippen molar-refractivity contribution in [1.29, 1.82) is 0 Å². The second-order valence-corrected chi connectivity index (χ2v) is 7.64. The second-order valence-electron chi connectivity index (χ2n) is 5.12. The molecule has 0 saturated heterocycles. The predicted octanol–water partition coefficient (Wildman–Crippen LogP) is 4.14. The van der Waals surface area contributed by atoms with E-state index in [0.717, 1.165) is 21.1 Å². The second kappa shape index (κ2) is 5.77. The fraction of sp³-hybridized carbons (Fsp3) is 0.571. The minimum atomic E-state index is -0.286. The normalized spacial score (nSPS) is 16.7. The highest BCUT2D eigenvalue weighted by molar-refractivity contribution is 7.99. The van der Waals surface area contributed by atoms with Crippen molar-refractivity contribution in [2.24, 2.45) is 0 Å². The number of hydrogen-bond donors (Lipinski definition) is 1. The Morgan fingerprint density at radius 2 is 2.15 bits per heavy atom. The Morgan fingerprint density at radius 1 is 1.40 bits per heavy atom. The molecule has 2 heterocycles. The quantitative estimate of drug-likeness (QED) is 0.866. The van der Waals surface area contributed by atoms with E-state index < -0.39 is 0 Å². The van der Waals surface area contributed by atoms with E-state index in [0.29, 0.717) is 10.1 Å². The lowest BCUT2D eigenvalue weighted by Crippen LogP contribution is -2.07. The molecule has 1 fully saturated rings. The molecular weight excluding hydrogens is 292 g/mol. The molecule has 0 spiro atoms. The minimum absolute atomic E-state index is 0.286. The molecule has 2 aromatic rings. The first-order valence-corrected chi connectivity index (χ1v) is 8.62. The van der Waals surface area contributed by atoms with Gasteiger partial charge in [-0.3, -0.25) is 0 Å². The Morgan fingerprint density at radius 3 is 2.85 bits per heavy atom.